The lowest BCUT2D eigenvalue weighted by Crippen LogP contribution is -2.49. The van der Waals surface area contributed by atoms with Gasteiger partial charge in [-0.05, 0) is 30.4 Å². The minimum absolute atomic E-state index is 0.102. The lowest BCUT2D eigenvalue weighted by Gasteiger charge is -2.38. The van der Waals surface area contributed by atoms with Crippen molar-refractivity contribution in [3.8, 4) is 0 Å². The Kier molecular flexibility index (Phi) is 3.89. The van der Waals surface area contributed by atoms with Crippen molar-refractivity contribution in [2.75, 3.05) is 0 Å². The molecule has 2 saturated heterocycles. The Morgan fingerprint density at radius 1 is 1.04 bits per heavy atom. The number of fused-ring (bicyclic) bond motifs is 2. The minimum Gasteiger partial charge on any atom is -0.383 e. The quantitative estimate of drug-likeness (QED) is 0.942. The fourth-order valence-corrected chi connectivity index (χ4v) is 4.52. The number of hydrogen-bond donors (Lipinski definition) is 1. The molecule has 0 saturated carbocycles. The molecule has 2 heterocycles. The summed E-state index contributed by atoms with van der Waals surface area (Å²) >= 11 is 0. The predicted octanol–water partition coefficient (Wildman–Crippen LogP) is 3.27. The van der Waals surface area contributed by atoms with E-state index in [0.717, 1.165) is 30.4 Å². The average Bonchev–Trinajstić information content (AvgIpc) is 2.80. The minimum atomic E-state index is -0.908. The van der Waals surface area contributed by atoms with E-state index in [0.29, 0.717) is 12.8 Å². The molecule has 2 aliphatic rings. The summed E-state index contributed by atoms with van der Waals surface area (Å²) in [7, 11) is 0. The van der Waals surface area contributed by atoms with Crippen LogP contribution in [0.4, 0.5) is 0 Å². The third kappa shape index (κ3) is 2.53. The highest BCUT2D eigenvalue weighted by Crippen LogP contribution is 2.48. The SMILES string of the molecule is O=C(Cc1ccccc1)N1C2CCCC1C(O)(c1ccccc1)C2. The van der Waals surface area contributed by atoms with Gasteiger partial charge in [0.2, 0.25) is 5.91 Å². The first-order chi connectivity index (χ1) is 11.7. The van der Waals surface area contributed by atoms with Gasteiger partial charge in [-0.2, -0.15) is 0 Å². The summed E-state index contributed by atoms with van der Waals surface area (Å²) in [6, 6.07) is 19.8. The van der Waals surface area contributed by atoms with Crippen LogP contribution in [-0.2, 0) is 16.8 Å². The van der Waals surface area contributed by atoms with Gasteiger partial charge < -0.3 is 10.0 Å². The van der Waals surface area contributed by atoms with E-state index >= 15 is 0 Å². The second kappa shape index (κ2) is 6.06. The normalized spacial score (nSPS) is 28.8. The molecule has 0 radical (unpaired) electrons. The van der Waals surface area contributed by atoms with Crippen LogP contribution in [0.1, 0.15) is 36.8 Å². The second-order valence-corrected chi connectivity index (χ2v) is 7.06. The van der Waals surface area contributed by atoms with Gasteiger partial charge in [-0.15, -0.1) is 0 Å². The van der Waals surface area contributed by atoms with Gasteiger partial charge in [0.25, 0.3) is 0 Å². The maximum atomic E-state index is 13.0. The van der Waals surface area contributed by atoms with Crippen molar-refractivity contribution in [3.05, 3.63) is 71.8 Å². The zero-order chi connectivity index (χ0) is 16.6. The average molecular weight is 321 g/mol. The lowest BCUT2D eigenvalue weighted by atomic mass is 9.85. The Morgan fingerprint density at radius 3 is 2.42 bits per heavy atom. The van der Waals surface area contributed by atoms with Crippen molar-refractivity contribution in [1.29, 1.82) is 0 Å². The molecular weight excluding hydrogens is 298 g/mol. The predicted molar refractivity (Wildman–Crippen MR) is 93.4 cm³/mol. The maximum absolute atomic E-state index is 13.0. The summed E-state index contributed by atoms with van der Waals surface area (Å²) in [5, 5.41) is 11.4. The van der Waals surface area contributed by atoms with Gasteiger partial charge in [0, 0.05) is 12.5 Å². The van der Waals surface area contributed by atoms with Crippen molar-refractivity contribution in [2.45, 2.75) is 49.8 Å². The molecule has 2 bridgehead atoms. The van der Waals surface area contributed by atoms with Gasteiger partial charge in [0.15, 0.2) is 0 Å². The van der Waals surface area contributed by atoms with Gasteiger partial charge >= 0.3 is 0 Å². The molecule has 0 spiro atoms. The van der Waals surface area contributed by atoms with Crippen LogP contribution in [0.5, 0.6) is 0 Å². The summed E-state index contributed by atoms with van der Waals surface area (Å²) in [5.74, 6) is 0.141. The third-order valence-corrected chi connectivity index (χ3v) is 5.60. The number of benzene rings is 2. The van der Waals surface area contributed by atoms with Crippen molar-refractivity contribution in [1.82, 2.24) is 4.90 Å². The molecule has 3 nitrogen and oxygen atoms in total. The number of carbonyl (C=O) groups excluding carboxylic acids is 1. The number of rotatable bonds is 3. The van der Waals surface area contributed by atoms with Gasteiger partial charge in [-0.3, -0.25) is 4.79 Å². The zero-order valence-corrected chi connectivity index (χ0v) is 13.8. The van der Waals surface area contributed by atoms with E-state index in [1.54, 1.807) is 0 Å². The monoisotopic (exact) mass is 321 g/mol. The van der Waals surface area contributed by atoms with Crippen molar-refractivity contribution >= 4 is 5.91 Å². The van der Waals surface area contributed by atoms with E-state index in [2.05, 4.69) is 0 Å². The summed E-state index contributed by atoms with van der Waals surface area (Å²) < 4.78 is 0. The molecule has 2 aromatic rings. The Morgan fingerprint density at radius 2 is 1.71 bits per heavy atom. The van der Waals surface area contributed by atoms with Crippen LogP contribution in [-0.4, -0.2) is 28.0 Å². The molecule has 2 fully saturated rings. The van der Waals surface area contributed by atoms with E-state index in [-0.39, 0.29) is 18.0 Å². The molecule has 0 aromatic heterocycles. The molecule has 3 heteroatoms. The first kappa shape index (κ1) is 15.4. The first-order valence-corrected chi connectivity index (χ1v) is 8.81. The van der Waals surface area contributed by atoms with E-state index < -0.39 is 5.60 Å². The molecule has 2 aliphatic heterocycles. The van der Waals surface area contributed by atoms with Crippen LogP contribution < -0.4 is 0 Å². The fraction of sp³-hybridized carbons (Fsp3) is 0.381. The topological polar surface area (TPSA) is 40.5 Å². The fourth-order valence-electron chi connectivity index (χ4n) is 4.52. The van der Waals surface area contributed by atoms with E-state index in [9.17, 15) is 9.90 Å². The van der Waals surface area contributed by atoms with Crippen LogP contribution in [0.15, 0.2) is 60.7 Å². The van der Waals surface area contributed by atoms with E-state index in [1.807, 2.05) is 65.6 Å². The van der Waals surface area contributed by atoms with Crippen LogP contribution in [0, 0.1) is 0 Å². The molecule has 3 atom stereocenters. The number of amides is 1. The number of hydrogen-bond acceptors (Lipinski definition) is 2. The highest BCUT2D eigenvalue weighted by atomic mass is 16.3. The largest absolute Gasteiger partial charge is 0.383 e. The van der Waals surface area contributed by atoms with Gasteiger partial charge in [-0.25, -0.2) is 0 Å². The Balaban J connectivity index is 1.62. The van der Waals surface area contributed by atoms with Crippen molar-refractivity contribution in [3.63, 3.8) is 0 Å². The highest BCUT2D eigenvalue weighted by molar-refractivity contribution is 5.80. The van der Waals surface area contributed by atoms with Crippen molar-refractivity contribution in [2.24, 2.45) is 0 Å². The number of aliphatic hydroxyl groups is 1. The standard InChI is InChI=1S/C21H23NO2/c23-20(14-16-8-3-1-4-9-16)22-18-12-7-13-19(22)21(24,15-18)17-10-5-2-6-11-17/h1-6,8-11,18-19,24H,7,12-15H2. The maximum Gasteiger partial charge on any atom is 0.227 e. The summed E-state index contributed by atoms with van der Waals surface area (Å²) in [6.45, 7) is 0. The van der Waals surface area contributed by atoms with Gasteiger partial charge in [-0.1, -0.05) is 60.7 Å². The molecule has 2 aromatic carbocycles. The third-order valence-electron chi connectivity index (χ3n) is 5.60. The summed E-state index contributed by atoms with van der Waals surface area (Å²) in [6.07, 6.45) is 4.02. The zero-order valence-electron chi connectivity index (χ0n) is 13.8. The Bertz CT molecular complexity index is 715. The number of nitrogens with zero attached hydrogens (tertiary/aromatic N) is 1. The second-order valence-electron chi connectivity index (χ2n) is 7.06. The molecule has 3 unspecified atom stereocenters. The molecule has 124 valence electrons. The molecule has 0 aliphatic carbocycles. The van der Waals surface area contributed by atoms with Crippen LogP contribution >= 0.6 is 0 Å². The Labute approximate surface area is 142 Å². The Hall–Kier alpha value is -2.13. The van der Waals surface area contributed by atoms with Gasteiger partial charge in [0.05, 0.1) is 12.5 Å². The highest BCUT2D eigenvalue weighted by Gasteiger charge is 2.55. The molecule has 24 heavy (non-hydrogen) atoms. The number of carbonyl (C=O) groups is 1. The van der Waals surface area contributed by atoms with E-state index in [1.165, 1.54) is 0 Å². The first-order valence-electron chi connectivity index (χ1n) is 8.81. The smallest absolute Gasteiger partial charge is 0.227 e. The summed E-state index contributed by atoms with van der Waals surface area (Å²) in [5.41, 5.74) is 1.07. The van der Waals surface area contributed by atoms with Crippen LogP contribution in [0.3, 0.4) is 0 Å². The van der Waals surface area contributed by atoms with Crippen molar-refractivity contribution < 1.29 is 9.90 Å². The van der Waals surface area contributed by atoms with Gasteiger partial charge in [0.1, 0.15) is 5.60 Å². The molecule has 1 N–H and O–H groups in total. The molecular formula is C21H23NO2. The molecule has 1 amide bonds. The van der Waals surface area contributed by atoms with Crippen LogP contribution in [0.2, 0.25) is 0 Å². The number of piperidine rings is 1. The summed E-state index contributed by atoms with van der Waals surface area (Å²) in [4.78, 5) is 15.0. The lowest BCUT2D eigenvalue weighted by molar-refractivity contribution is -0.137. The van der Waals surface area contributed by atoms with E-state index in [4.69, 9.17) is 0 Å². The molecule has 4 rings (SSSR count). The van der Waals surface area contributed by atoms with Crippen LogP contribution in [0.25, 0.3) is 0 Å².